The minimum atomic E-state index is -0.444. The summed E-state index contributed by atoms with van der Waals surface area (Å²) in [6.45, 7) is 0. The standard InChI is InChI=1S/C18H10Cl2N2O/c19-13-7-5-11(6-8-13)15-9-12(10-21)18(23)22-17(15)14-3-1-2-4-16(14)20/h1-9H,(H,22,23). The molecular formula is C18H10Cl2N2O. The van der Waals surface area contributed by atoms with Crippen LogP contribution >= 0.6 is 23.2 Å². The third-order valence-corrected chi connectivity index (χ3v) is 4.04. The maximum atomic E-state index is 12.1. The van der Waals surface area contributed by atoms with Crippen molar-refractivity contribution in [2.24, 2.45) is 0 Å². The molecule has 5 heteroatoms. The lowest BCUT2D eigenvalue weighted by Crippen LogP contribution is -2.12. The average molecular weight is 341 g/mol. The van der Waals surface area contributed by atoms with Gasteiger partial charge in [-0.15, -0.1) is 0 Å². The van der Waals surface area contributed by atoms with E-state index in [1.54, 1.807) is 24.3 Å². The van der Waals surface area contributed by atoms with Crippen LogP contribution < -0.4 is 5.56 Å². The number of hydrogen-bond acceptors (Lipinski definition) is 2. The molecule has 3 nitrogen and oxygen atoms in total. The van der Waals surface area contributed by atoms with Crippen LogP contribution in [0.15, 0.2) is 59.4 Å². The average Bonchev–Trinajstić information content (AvgIpc) is 2.56. The molecule has 0 aliphatic rings. The van der Waals surface area contributed by atoms with Gasteiger partial charge in [0, 0.05) is 21.2 Å². The molecule has 0 saturated carbocycles. The number of nitrogens with one attached hydrogen (secondary N) is 1. The summed E-state index contributed by atoms with van der Waals surface area (Å²) >= 11 is 12.2. The molecular weight excluding hydrogens is 331 g/mol. The lowest BCUT2D eigenvalue weighted by atomic mass is 9.98. The number of nitrogens with zero attached hydrogens (tertiary/aromatic N) is 1. The monoisotopic (exact) mass is 340 g/mol. The van der Waals surface area contributed by atoms with Gasteiger partial charge in [-0.05, 0) is 29.8 Å². The molecule has 2 aromatic carbocycles. The van der Waals surface area contributed by atoms with Crippen molar-refractivity contribution >= 4 is 23.2 Å². The maximum Gasteiger partial charge on any atom is 0.266 e. The minimum Gasteiger partial charge on any atom is -0.320 e. The Labute approximate surface area is 142 Å². The van der Waals surface area contributed by atoms with E-state index >= 15 is 0 Å². The molecule has 0 fully saturated rings. The lowest BCUT2D eigenvalue weighted by Gasteiger charge is -2.12. The topological polar surface area (TPSA) is 56.6 Å². The highest BCUT2D eigenvalue weighted by atomic mass is 35.5. The molecule has 0 atom stereocenters. The van der Waals surface area contributed by atoms with Gasteiger partial charge in [0.2, 0.25) is 0 Å². The SMILES string of the molecule is N#Cc1cc(-c2ccc(Cl)cc2)c(-c2ccccc2Cl)[nH]c1=O. The normalized spacial score (nSPS) is 10.3. The van der Waals surface area contributed by atoms with Crippen LogP contribution in [0.3, 0.4) is 0 Å². The van der Waals surface area contributed by atoms with Crippen molar-refractivity contribution < 1.29 is 0 Å². The van der Waals surface area contributed by atoms with Gasteiger partial charge in [-0.3, -0.25) is 4.79 Å². The second-order valence-electron chi connectivity index (χ2n) is 4.90. The van der Waals surface area contributed by atoms with Crippen molar-refractivity contribution in [2.75, 3.05) is 0 Å². The van der Waals surface area contributed by atoms with Crippen molar-refractivity contribution in [1.82, 2.24) is 4.98 Å². The Balaban J connectivity index is 2.33. The van der Waals surface area contributed by atoms with E-state index in [2.05, 4.69) is 4.98 Å². The van der Waals surface area contributed by atoms with Crippen LogP contribution in [0.4, 0.5) is 0 Å². The molecule has 1 aromatic heterocycles. The predicted octanol–water partition coefficient (Wildman–Crippen LogP) is 4.89. The number of H-pyrrole nitrogens is 1. The Hall–Kier alpha value is -2.54. The van der Waals surface area contributed by atoms with Gasteiger partial charge in [-0.25, -0.2) is 0 Å². The highest BCUT2D eigenvalue weighted by Crippen LogP contribution is 2.34. The van der Waals surface area contributed by atoms with Crippen LogP contribution in [0.25, 0.3) is 22.4 Å². The van der Waals surface area contributed by atoms with E-state index in [9.17, 15) is 4.79 Å². The number of pyridine rings is 1. The van der Waals surface area contributed by atoms with Crippen molar-refractivity contribution in [3.05, 3.63) is 80.6 Å². The second kappa shape index (κ2) is 6.29. The maximum absolute atomic E-state index is 12.1. The second-order valence-corrected chi connectivity index (χ2v) is 5.74. The first-order valence-corrected chi connectivity index (χ1v) is 7.54. The number of rotatable bonds is 2. The lowest BCUT2D eigenvalue weighted by molar-refractivity contribution is 1.22. The summed E-state index contributed by atoms with van der Waals surface area (Å²) in [7, 11) is 0. The largest absolute Gasteiger partial charge is 0.320 e. The molecule has 0 spiro atoms. The van der Waals surface area contributed by atoms with Gasteiger partial charge >= 0.3 is 0 Å². The molecule has 0 bridgehead atoms. The molecule has 1 heterocycles. The van der Waals surface area contributed by atoms with Gasteiger partial charge in [-0.1, -0.05) is 53.5 Å². The molecule has 0 saturated heterocycles. The minimum absolute atomic E-state index is 0.0470. The molecule has 1 N–H and O–H groups in total. The number of nitriles is 1. The first-order chi connectivity index (χ1) is 11.1. The van der Waals surface area contributed by atoms with Crippen LogP contribution in [0, 0.1) is 11.3 Å². The van der Waals surface area contributed by atoms with Crippen molar-refractivity contribution in [1.29, 1.82) is 5.26 Å². The highest BCUT2D eigenvalue weighted by molar-refractivity contribution is 6.33. The fourth-order valence-corrected chi connectivity index (χ4v) is 2.70. The smallest absolute Gasteiger partial charge is 0.266 e. The third-order valence-electron chi connectivity index (χ3n) is 3.46. The van der Waals surface area contributed by atoms with Gasteiger partial charge in [0.1, 0.15) is 11.6 Å². The molecule has 0 radical (unpaired) electrons. The van der Waals surface area contributed by atoms with Gasteiger partial charge in [-0.2, -0.15) is 5.26 Å². The summed E-state index contributed by atoms with van der Waals surface area (Å²) in [4.78, 5) is 14.8. The van der Waals surface area contributed by atoms with E-state index in [4.69, 9.17) is 28.5 Å². The Morgan fingerprint density at radius 3 is 2.30 bits per heavy atom. The van der Waals surface area contributed by atoms with Crippen LogP contribution in [-0.4, -0.2) is 4.98 Å². The van der Waals surface area contributed by atoms with Gasteiger partial charge in [0.25, 0.3) is 5.56 Å². The van der Waals surface area contributed by atoms with E-state index in [-0.39, 0.29) is 5.56 Å². The van der Waals surface area contributed by atoms with Crippen molar-refractivity contribution in [2.45, 2.75) is 0 Å². The number of halogens is 2. The third kappa shape index (κ3) is 3.00. The van der Waals surface area contributed by atoms with Crippen LogP contribution in [0.5, 0.6) is 0 Å². The molecule has 0 amide bonds. The van der Waals surface area contributed by atoms with E-state index in [0.29, 0.717) is 26.9 Å². The van der Waals surface area contributed by atoms with Crippen LogP contribution in [-0.2, 0) is 0 Å². The molecule has 0 aliphatic heterocycles. The van der Waals surface area contributed by atoms with Gasteiger partial charge in [0.05, 0.1) is 5.69 Å². The number of hydrogen-bond donors (Lipinski definition) is 1. The molecule has 3 rings (SSSR count). The quantitative estimate of drug-likeness (QED) is 0.722. The fourth-order valence-electron chi connectivity index (χ4n) is 2.35. The Morgan fingerprint density at radius 1 is 0.957 bits per heavy atom. The number of benzene rings is 2. The van der Waals surface area contributed by atoms with Crippen molar-refractivity contribution in [3.8, 4) is 28.5 Å². The molecule has 3 aromatic rings. The van der Waals surface area contributed by atoms with E-state index in [1.807, 2.05) is 36.4 Å². The number of aromatic amines is 1. The summed E-state index contributed by atoms with van der Waals surface area (Å²) in [5.41, 5.74) is 2.41. The first-order valence-electron chi connectivity index (χ1n) is 6.78. The summed E-state index contributed by atoms with van der Waals surface area (Å²) < 4.78 is 0. The molecule has 112 valence electrons. The van der Waals surface area contributed by atoms with Gasteiger partial charge < -0.3 is 4.98 Å². The zero-order valence-corrected chi connectivity index (χ0v) is 13.3. The molecule has 0 aliphatic carbocycles. The number of aromatic nitrogens is 1. The van der Waals surface area contributed by atoms with Crippen LogP contribution in [0.1, 0.15) is 5.56 Å². The molecule has 0 unspecified atom stereocenters. The summed E-state index contributed by atoms with van der Waals surface area (Å²) in [6, 6.07) is 17.9. The van der Waals surface area contributed by atoms with Crippen LogP contribution in [0.2, 0.25) is 10.0 Å². The highest BCUT2D eigenvalue weighted by Gasteiger charge is 2.14. The Bertz CT molecular complexity index is 970. The summed E-state index contributed by atoms with van der Waals surface area (Å²) in [5, 5.41) is 10.3. The summed E-state index contributed by atoms with van der Waals surface area (Å²) in [5.74, 6) is 0. The molecule has 23 heavy (non-hydrogen) atoms. The zero-order valence-electron chi connectivity index (χ0n) is 11.8. The van der Waals surface area contributed by atoms with E-state index < -0.39 is 5.56 Å². The van der Waals surface area contributed by atoms with E-state index in [1.165, 1.54) is 0 Å². The van der Waals surface area contributed by atoms with E-state index in [0.717, 1.165) is 5.56 Å². The first kappa shape index (κ1) is 15.4. The zero-order chi connectivity index (χ0) is 16.4. The van der Waals surface area contributed by atoms with Crippen molar-refractivity contribution in [3.63, 3.8) is 0 Å². The predicted molar refractivity (Wildman–Crippen MR) is 92.7 cm³/mol. The Kier molecular flexibility index (Phi) is 4.20. The Morgan fingerprint density at radius 2 is 1.65 bits per heavy atom. The fraction of sp³-hybridized carbons (Fsp3) is 0. The summed E-state index contributed by atoms with van der Waals surface area (Å²) in [6.07, 6.45) is 0. The van der Waals surface area contributed by atoms with Gasteiger partial charge in [0.15, 0.2) is 0 Å².